The second kappa shape index (κ2) is 3.57. The first kappa shape index (κ1) is 10.8. The van der Waals surface area contributed by atoms with Crippen molar-refractivity contribution in [3.05, 3.63) is 0 Å². The van der Waals surface area contributed by atoms with Gasteiger partial charge in [-0.25, -0.2) is 0 Å². The van der Waals surface area contributed by atoms with Gasteiger partial charge in [-0.1, -0.05) is 0 Å². The van der Waals surface area contributed by atoms with E-state index in [2.05, 4.69) is 0 Å². The molecule has 4 aliphatic carbocycles. The topological polar surface area (TPSA) is 6.48 Å². The van der Waals surface area contributed by atoms with E-state index in [1.807, 2.05) is 0 Å². The van der Waals surface area contributed by atoms with E-state index in [-0.39, 0.29) is 11.8 Å². The predicted octanol–water partition coefficient (Wildman–Crippen LogP) is 2.93. The van der Waals surface area contributed by atoms with Crippen LogP contribution in [0.1, 0.15) is 25.7 Å². The Morgan fingerprint density at radius 3 is 1.62 bits per heavy atom. The van der Waals surface area contributed by atoms with Crippen molar-refractivity contribution in [2.75, 3.05) is 0 Å². The van der Waals surface area contributed by atoms with Crippen LogP contribution < -0.4 is 0 Å². The molecule has 4 aliphatic rings. The molecule has 0 spiro atoms. The van der Waals surface area contributed by atoms with Crippen molar-refractivity contribution in [2.24, 2.45) is 23.7 Å². The molecule has 4 rings (SSSR count). The summed E-state index contributed by atoms with van der Waals surface area (Å²) in [6.45, 7) is 0. The van der Waals surface area contributed by atoms with Crippen molar-refractivity contribution in [3.8, 4) is 0 Å². The Hall–Kier alpha value is -0.360. The van der Waals surface area contributed by atoms with Crippen molar-refractivity contribution in [3.63, 3.8) is 0 Å². The largest absolute Gasteiger partial charge is 0.101 e. The molecule has 0 radical (unpaired) electrons. The maximum Gasteiger partial charge on any atom is 0.0804 e. The lowest BCUT2D eigenvalue weighted by molar-refractivity contribution is -0.296. The zero-order valence-electron chi connectivity index (χ0n) is 8.70. The van der Waals surface area contributed by atoms with Gasteiger partial charge in [-0.3, -0.25) is 0 Å². The second-order valence-electron chi connectivity index (χ2n) is 5.49. The fourth-order valence-electron chi connectivity index (χ4n) is 4.46. The molecule has 4 fully saturated rings. The smallest absolute Gasteiger partial charge is 0.0804 e. The SMILES string of the molecule is FN(F)C1C2CC3C[C@@H]1C[C@H](C3)C2N(F)F. The van der Waals surface area contributed by atoms with Crippen LogP contribution in [0.3, 0.4) is 0 Å². The number of hydrogen-bond acceptors (Lipinski definition) is 2. The minimum atomic E-state index is -0.952. The highest BCUT2D eigenvalue weighted by atomic mass is 19.4. The van der Waals surface area contributed by atoms with E-state index in [4.69, 9.17) is 0 Å². The van der Waals surface area contributed by atoms with Crippen molar-refractivity contribution >= 4 is 0 Å². The van der Waals surface area contributed by atoms with E-state index in [0.29, 0.717) is 18.8 Å². The molecule has 0 aromatic carbocycles. The van der Waals surface area contributed by atoms with E-state index < -0.39 is 28.7 Å². The molecule has 2 nitrogen and oxygen atoms in total. The predicted molar refractivity (Wildman–Crippen MR) is 48.1 cm³/mol. The zero-order chi connectivity index (χ0) is 11.4. The third kappa shape index (κ3) is 1.39. The number of halogens is 4. The minimum Gasteiger partial charge on any atom is -0.101 e. The van der Waals surface area contributed by atoms with Crippen LogP contribution in [0.25, 0.3) is 0 Å². The molecule has 4 saturated carbocycles. The van der Waals surface area contributed by atoms with Crippen LogP contribution in [0.15, 0.2) is 0 Å². The lowest BCUT2D eigenvalue weighted by Gasteiger charge is -2.57. The molecule has 0 heterocycles. The molecule has 92 valence electrons. The molecular formula is C10H14F4N2. The normalized spacial score (nSPS) is 50.6. The van der Waals surface area contributed by atoms with Crippen LogP contribution >= 0.6 is 0 Å². The Morgan fingerprint density at radius 1 is 0.688 bits per heavy atom. The van der Waals surface area contributed by atoms with Gasteiger partial charge in [0.1, 0.15) is 0 Å². The number of rotatable bonds is 2. The van der Waals surface area contributed by atoms with Crippen molar-refractivity contribution < 1.29 is 17.9 Å². The highest BCUT2D eigenvalue weighted by Gasteiger charge is 2.58. The van der Waals surface area contributed by atoms with E-state index in [1.165, 1.54) is 0 Å². The van der Waals surface area contributed by atoms with Crippen LogP contribution in [0.2, 0.25) is 0 Å². The standard InChI is InChI=1S/C10H14F4N2/c11-15(12)9-6-1-5-2-7(4-6)10(16(13)14)8(9)3-5/h5-10H,1-4H2/t5?,6-,7+,8?,9?,10?. The molecule has 0 aromatic rings. The molecular weight excluding hydrogens is 224 g/mol. The molecule has 0 saturated heterocycles. The third-order valence-corrected chi connectivity index (χ3v) is 4.78. The summed E-state index contributed by atoms with van der Waals surface area (Å²) in [4.78, 5) is 0. The molecule has 6 atom stereocenters. The van der Waals surface area contributed by atoms with E-state index in [0.717, 1.165) is 12.8 Å². The lowest BCUT2D eigenvalue weighted by Crippen LogP contribution is -2.61. The van der Waals surface area contributed by atoms with Gasteiger partial charge in [0.05, 0.1) is 12.1 Å². The Kier molecular flexibility index (Phi) is 2.40. The van der Waals surface area contributed by atoms with Crippen LogP contribution in [0.5, 0.6) is 0 Å². The maximum absolute atomic E-state index is 12.8. The van der Waals surface area contributed by atoms with Crippen molar-refractivity contribution in [1.29, 1.82) is 0 Å². The fraction of sp³-hybridized carbons (Fsp3) is 1.00. The van der Waals surface area contributed by atoms with Gasteiger partial charge in [-0.05, 0) is 43.4 Å². The summed E-state index contributed by atoms with van der Waals surface area (Å²) in [5, 5.41) is -1.63. The summed E-state index contributed by atoms with van der Waals surface area (Å²) in [5.74, 6) is -0.301. The highest BCUT2D eigenvalue weighted by Crippen LogP contribution is 2.56. The molecule has 6 heteroatoms. The van der Waals surface area contributed by atoms with E-state index >= 15 is 0 Å². The summed E-state index contributed by atoms with van der Waals surface area (Å²) >= 11 is 0. The molecule has 0 aliphatic heterocycles. The number of hydrogen-bond donors (Lipinski definition) is 0. The van der Waals surface area contributed by atoms with Gasteiger partial charge < -0.3 is 0 Å². The average molecular weight is 238 g/mol. The quantitative estimate of drug-likeness (QED) is 0.539. The van der Waals surface area contributed by atoms with Crippen LogP contribution in [-0.4, -0.2) is 22.8 Å². The van der Waals surface area contributed by atoms with Crippen molar-refractivity contribution in [2.45, 2.75) is 37.8 Å². The van der Waals surface area contributed by atoms with Gasteiger partial charge in [0.25, 0.3) is 0 Å². The lowest BCUT2D eigenvalue weighted by atomic mass is 9.52. The summed E-state index contributed by atoms with van der Waals surface area (Å²) in [6, 6.07) is -1.90. The van der Waals surface area contributed by atoms with Gasteiger partial charge in [-0.15, -0.1) is 17.9 Å². The van der Waals surface area contributed by atoms with Gasteiger partial charge in [0, 0.05) is 16.6 Å². The van der Waals surface area contributed by atoms with E-state index in [1.54, 1.807) is 0 Å². The average Bonchev–Trinajstić information content (AvgIpc) is 2.14. The summed E-state index contributed by atoms with van der Waals surface area (Å²) in [5.41, 5.74) is 0. The third-order valence-electron chi connectivity index (χ3n) is 4.78. The summed E-state index contributed by atoms with van der Waals surface area (Å²) in [6.07, 6.45) is 2.68. The molecule has 0 amide bonds. The van der Waals surface area contributed by atoms with Gasteiger partial charge in [0.2, 0.25) is 0 Å². The molecule has 0 aromatic heterocycles. The van der Waals surface area contributed by atoms with Crippen LogP contribution in [-0.2, 0) is 0 Å². The van der Waals surface area contributed by atoms with Crippen molar-refractivity contribution in [1.82, 2.24) is 10.7 Å². The monoisotopic (exact) mass is 238 g/mol. The Morgan fingerprint density at radius 2 is 1.19 bits per heavy atom. The highest BCUT2D eigenvalue weighted by molar-refractivity contribution is 5.06. The second-order valence-corrected chi connectivity index (χ2v) is 5.49. The fourth-order valence-corrected chi connectivity index (χ4v) is 4.46. The molecule has 4 bridgehead atoms. The summed E-state index contributed by atoms with van der Waals surface area (Å²) < 4.78 is 51.2. The molecule has 4 unspecified atom stereocenters. The Balaban J connectivity index is 1.90. The minimum absolute atomic E-state index is 0.0753. The summed E-state index contributed by atoms with van der Waals surface area (Å²) in [7, 11) is 0. The van der Waals surface area contributed by atoms with Gasteiger partial charge in [-0.2, -0.15) is 0 Å². The number of nitrogens with zero attached hydrogens (tertiary/aromatic N) is 2. The Labute approximate surface area is 90.9 Å². The van der Waals surface area contributed by atoms with Gasteiger partial charge >= 0.3 is 0 Å². The maximum atomic E-state index is 12.8. The molecule has 0 N–H and O–H groups in total. The first-order chi connectivity index (χ1) is 7.58. The Bertz CT molecular complexity index is 262. The van der Waals surface area contributed by atoms with E-state index in [9.17, 15) is 17.9 Å². The first-order valence-corrected chi connectivity index (χ1v) is 5.79. The zero-order valence-corrected chi connectivity index (χ0v) is 8.70. The van der Waals surface area contributed by atoms with Crippen LogP contribution in [0, 0.1) is 23.7 Å². The van der Waals surface area contributed by atoms with Gasteiger partial charge in [0.15, 0.2) is 0 Å². The molecule has 16 heavy (non-hydrogen) atoms. The first-order valence-electron chi connectivity index (χ1n) is 5.79. The van der Waals surface area contributed by atoms with Crippen LogP contribution in [0.4, 0.5) is 17.9 Å².